The van der Waals surface area contributed by atoms with Gasteiger partial charge in [-0.1, -0.05) is 18.5 Å². The van der Waals surface area contributed by atoms with Gasteiger partial charge in [0, 0.05) is 23.7 Å². The summed E-state index contributed by atoms with van der Waals surface area (Å²) in [5, 5.41) is 0.570. The van der Waals surface area contributed by atoms with Crippen molar-refractivity contribution in [3.8, 4) is 5.75 Å². The Bertz CT molecular complexity index is 1210. The lowest BCUT2D eigenvalue weighted by Crippen LogP contribution is -2.31. The lowest BCUT2D eigenvalue weighted by atomic mass is 9.76. The van der Waals surface area contributed by atoms with E-state index in [1.807, 2.05) is 0 Å². The van der Waals surface area contributed by atoms with Gasteiger partial charge in [-0.25, -0.2) is 4.90 Å². The zero-order chi connectivity index (χ0) is 24.9. The number of halogens is 1. The lowest BCUT2D eigenvalue weighted by Gasteiger charge is -2.25. The van der Waals surface area contributed by atoms with Gasteiger partial charge in [-0.05, 0) is 80.1 Å². The molecular formula is C27H27ClN2O5. The van der Waals surface area contributed by atoms with E-state index in [-0.39, 0.29) is 42.5 Å². The molecule has 2 aromatic carbocycles. The number of ether oxygens (including phenoxy) is 1. The number of amides is 3. The Kier molecular flexibility index (Phi) is 6.13. The molecule has 0 N–H and O–H groups in total. The average molecular weight is 495 g/mol. The summed E-state index contributed by atoms with van der Waals surface area (Å²) in [4.78, 5) is 54.2. The Morgan fingerprint density at radius 2 is 1.71 bits per heavy atom. The van der Waals surface area contributed by atoms with Crippen LogP contribution in [0.1, 0.15) is 38.2 Å². The van der Waals surface area contributed by atoms with Crippen molar-refractivity contribution >= 4 is 46.7 Å². The number of carbonyl (C=O) groups is 4. The molecule has 2 aromatic rings. The van der Waals surface area contributed by atoms with Gasteiger partial charge in [0.15, 0.2) is 0 Å². The zero-order valence-corrected chi connectivity index (χ0v) is 20.5. The summed E-state index contributed by atoms with van der Waals surface area (Å²) < 4.78 is 5.58. The maximum Gasteiger partial charge on any atom is 0.316 e. The quantitative estimate of drug-likeness (QED) is 0.354. The third-order valence-electron chi connectivity index (χ3n) is 7.41. The fourth-order valence-electron chi connectivity index (χ4n) is 5.50. The first-order chi connectivity index (χ1) is 16.7. The fourth-order valence-corrected chi connectivity index (χ4v) is 5.63. The number of esters is 1. The van der Waals surface area contributed by atoms with Gasteiger partial charge in [-0.2, -0.15) is 0 Å². The van der Waals surface area contributed by atoms with E-state index in [1.54, 1.807) is 54.3 Å². The topological polar surface area (TPSA) is 84.0 Å². The molecule has 0 spiro atoms. The zero-order valence-electron chi connectivity index (χ0n) is 19.7. The van der Waals surface area contributed by atoms with E-state index in [0.29, 0.717) is 33.6 Å². The van der Waals surface area contributed by atoms with E-state index < -0.39 is 11.9 Å². The smallest absolute Gasteiger partial charge is 0.316 e. The molecule has 7 nitrogen and oxygen atoms in total. The van der Waals surface area contributed by atoms with Gasteiger partial charge in [0.05, 0.1) is 23.4 Å². The normalized spacial score (nSPS) is 26.3. The second-order valence-electron chi connectivity index (χ2n) is 9.89. The molecule has 3 aliphatic rings. The van der Waals surface area contributed by atoms with Crippen molar-refractivity contribution in [2.24, 2.45) is 23.7 Å². The van der Waals surface area contributed by atoms with Crippen molar-refractivity contribution in [2.45, 2.75) is 39.5 Å². The van der Waals surface area contributed by atoms with E-state index in [0.717, 1.165) is 19.3 Å². The van der Waals surface area contributed by atoms with Crippen LogP contribution >= 0.6 is 11.6 Å². The van der Waals surface area contributed by atoms with Crippen molar-refractivity contribution in [3.63, 3.8) is 0 Å². The molecule has 3 amide bonds. The van der Waals surface area contributed by atoms with Crippen molar-refractivity contribution < 1.29 is 23.9 Å². The van der Waals surface area contributed by atoms with Crippen molar-refractivity contribution in [1.82, 2.24) is 0 Å². The number of rotatable bonds is 4. The molecule has 2 heterocycles. The molecule has 1 saturated carbocycles. The summed E-state index contributed by atoms with van der Waals surface area (Å²) in [6, 6.07) is 11.8. The van der Waals surface area contributed by atoms with Crippen LogP contribution in [-0.4, -0.2) is 30.2 Å². The highest BCUT2D eigenvalue weighted by molar-refractivity contribution is 6.30. The van der Waals surface area contributed by atoms with Crippen LogP contribution in [0.4, 0.5) is 11.4 Å². The van der Waals surface area contributed by atoms with Crippen LogP contribution in [0.5, 0.6) is 5.75 Å². The molecular weight excluding hydrogens is 468 g/mol. The van der Waals surface area contributed by atoms with Gasteiger partial charge >= 0.3 is 5.97 Å². The number of aryl methyl sites for hydroxylation is 1. The molecule has 1 aliphatic carbocycles. The van der Waals surface area contributed by atoms with Crippen LogP contribution in [0.3, 0.4) is 0 Å². The SMILES string of the molecule is Cc1cc(OC(=O)[C@@H]2CC(=O)N(c3ccc(Cl)cc3)C2)ccc1N1C(=O)[C@H]2C[C@H](C)CC[C@H]2C1=O. The molecule has 0 aromatic heterocycles. The first kappa shape index (κ1) is 23.5. The monoisotopic (exact) mass is 494 g/mol. The highest BCUT2D eigenvalue weighted by atomic mass is 35.5. The number of benzene rings is 2. The molecule has 0 unspecified atom stereocenters. The Morgan fingerprint density at radius 3 is 2.43 bits per heavy atom. The number of fused-ring (bicyclic) bond motifs is 1. The molecule has 0 radical (unpaired) electrons. The third-order valence-corrected chi connectivity index (χ3v) is 7.66. The highest BCUT2D eigenvalue weighted by Crippen LogP contribution is 2.43. The highest BCUT2D eigenvalue weighted by Gasteiger charge is 2.50. The maximum atomic E-state index is 13.1. The van der Waals surface area contributed by atoms with Gasteiger partial charge in [0.1, 0.15) is 5.75 Å². The summed E-state index contributed by atoms with van der Waals surface area (Å²) in [7, 11) is 0. The van der Waals surface area contributed by atoms with Gasteiger partial charge in [0.25, 0.3) is 0 Å². The van der Waals surface area contributed by atoms with Crippen LogP contribution in [-0.2, 0) is 19.2 Å². The van der Waals surface area contributed by atoms with Crippen molar-refractivity contribution in [1.29, 1.82) is 0 Å². The summed E-state index contributed by atoms with van der Waals surface area (Å²) in [6.07, 6.45) is 2.51. The molecule has 2 saturated heterocycles. The molecule has 4 atom stereocenters. The first-order valence-corrected chi connectivity index (χ1v) is 12.4. The number of carbonyl (C=O) groups excluding carboxylic acids is 4. The van der Waals surface area contributed by atoms with Crippen LogP contribution < -0.4 is 14.5 Å². The molecule has 5 rings (SSSR count). The number of hydrogen-bond donors (Lipinski definition) is 0. The second kappa shape index (κ2) is 9.11. The third kappa shape index (κ3) is 4.33. The van der Waals surface area contributed by atoms with Crippen molar-refractivity contribution in [2.75, 3.05) is 16.3 Å². The average Bonchev–Trinajstić information content (AvgIpc) is 3.32. The predicted molar refractivity (Wildman–Crippen MR) is 131 cm³/mol. The van der Waals surface area contributed by atoms with Gasteiger partial charge in [0.2, 0.25) is 17.7 Å². The largest absolute Gasteiger partial charge is 0.426 e. The van der Waals surface area contributed by atoms with Crippen LogP contribution in [0, 0.1) is 30.6 Å². The minimum absolute atomic E-state index is 0.0660. The van der Waals surface area contributed by atoms with E-state index >= 15 is 0 Å². The summed E-state index contributed by atoms with van der Waals surface area (Å²) in [5.74, 6) is -1.22. The maximum absolute atomic E-state index is 13.1. The Hall–Kier alpha value is -3.19. The number of hydrogen-bond acceptors (Lipinski definition) is 5. The number of anilines is 2. The molecule has 8 heteroatoms. The standard InChI is InChI=1S/C27H27ClN2O5/c1-15-3-9-21-22(11-15)26(33)30(25(21)32)23-10-8-20(12-16(23)2)35-27(34)17-13-24(31)29(14-17)19-6-4-18(28)5-7-19/h4-8,10,12,15,17,21-22H,3,9,11,13-14H2,1-2H3/t15-,17-,21-,22+/m1/s1. The second-order valence-corrected chi connectivity index (χ2v) is 10.3. The molecule has 0 bridgehead atoms. The minimum atomic E-state index is -0.593. The Labute approximate surface area is 209 Å². The van der Waals surface area contributed by atoms with E-state index in [2.05, 4.69) is 6.92 Å². The summed E-state index contributed by atoms with van der Waals surface area (Å²) in [6.45, 7) is 4.14. The molecule has 35 heavy (non-hydrogen) atoms. The predicted octanol–water partition coefficient (Wildman–Crippen LogP) is 4.53. The van der Waals surface area contributed by atoms with Crippen molar-refractivity contribution in [3.05, 3.63) is 53.1 Å². The Balaban J connectivity index is 1.27. The fraction of sp³-hybridized carbons (Fsp3) is 0.407. The van der Waals surface area contributed by atoms with E-state index in [4.69, 9.17) is 16.3 Å². The van der Waals surface area contributed by atoms with Crippen LogP contribution in [0.2, 0.25) is 5.02 Å². The molecule has 3 fully saturated rings. The van der Waals surface area contributed by atoms with Crippen LogP contribution in [0.25, 0.3) is 0 Å². The molecule has 182 valence electrons. The van der Waals surface area contributed by atoms with Gasteiger partial charge < -0.3 is 9.64 Å². The lowest BCUT2D eigenvalue weighted by molar-refractivity contribution is -0.139. The number of imide groups is 1. The van der Waals surface area contributed by atoms with Gasteiger partial charge in [-0.15, -0.1) is 0 Å². The van der Waals surface area contributed by atoms with Crippen LogP contribution in [0.15, 0.2) is 42.5 Å². The summed E-state index contributed by atoms with van der Waals surface area (Å²) in [5.41, 5.74) is 1.89. The molecule has 2 aliphatic heterocycles. The minimum Gasteiger partial charge on any atom is -0.426 e. The van der Waals surface area contributed by atoms with Gasteiger partial charge in [-0.3, -0.25) is 19.2 Å². The van der Waals surface area contributed by atoms with E-state index in [1.165, 1.54) is 4.90 Å². The Morgan fingerprint density at radius 1 is 1.00 bits per heavy atom. The summed E-state index contributed by atoms with van der Waals surface area (Å²) >= 11 is 5.93. The number of nitrogens with zero attached hydrogens (tertiary/aromatic N) is 2. The van der Waals surface area contributed by atoms with E-state index in [9.17, 15) is 19.2 Å². The first-order valence-electron chi connectivity index (χ1n) is 12.0.